The van der Waals surface area contributed by atoms with Gasteiger partial charge in [0.05, 0.1) is 41.6 Å². The van der Waals surface area contributed by atoms with Gasteiger partial charge in [-0.25, -0.2) is 10.4 Å². The number of piperidine rings is 1. The molecule has 8 rings (SSSR count). The number of thiazole rings is 1. The fourth-order valence-corrected chi connectivity index (χ4v) is 11.0. The Morgan fingerprint density at radius 1 is 1.06 bits per heavy atom. The molecule has 1 N–H and O–H groups in total. The minimum atomic E-state index is -0.946. The van der Waals surface area contributed by atoms with Crippen LogP contribution >= 0.6 is 11.3 Å². The number of hydrogen-bond acceptors (Lipinski definition) is 11. The number of Topliss-reactive ketones (excluding diaryl/α,β-unsaturated/α-hetero) is 1. The first-order valence-electron chi connectivity index (χ1n) is 22.6. The minimum Gasteiger partial charge on any atom is -0.464 e. The van der Waals surface area contributed by atoms with Crippen LogP contribution in [0.4, 0.5) is 0 Å². The van der Waals surface area contributed by atoms with Crippen LogP contribution in [0.15, 0.2) is 41.9 Å². The van der Waals surface area contributed by atoms with E-state index < -0.39 is 35.4 Å². The Morgan fingerprint density at radius 3 is 2.60 bits per heavy atom. The van der Waals surface area contributed by atoms with Gasteiger partial charge in [0.25, 0.3) is 0 Å². The quantitative estimate of drug-likeness (QED) is 0.157. The van der Waals surface area contributed by atoms with Crippen LogP contribution in [0.5, 0.6) is 0 Å². The lowest BCUT2D eigenvalue weighted by Gasteiger charge is -2.36. The average molecular weight is 867 g/mol. The molecule has 1 aliphatic carbocycles. The van der Waals surface area contributed by atoms with E-state index in [2.05, 4.69) is 55.0 Å². The fourth-order valence-electron chi connectivity index (χ4n) is 10.1. The summed E-state index contributed by atoms with van der Waals surface area (Å²) in [7, 11) is 1.69. The minimum absolute atomic E-state index is 0.0478. The number of nitrogens with one attached hydrogen (secondary N) is 1. The van der Waals surface area contributed by atoms with E-state index >= 15 is 0 Å². The smallest absolute Gasteiger partial charge is 0.324 e. The molecule has 332 valence electrons. The van der Waals surface area contributed by atoms with Crippen molar-refractivity contribution in [2.45, 2.75) is 111 Å². The van der Waals surface area contributed by atoms with Crippen LogP contribution in [0.25, 0.3) is 33.4 Å². The molecule has 1 saturated carbocycles. The fraction of sp³-hybridized carbons (Fsp3) is 0.583. The standard InChI is InChI=1S/C48H62N6O7S/c1-8-53-37-18-17-30-23-32(37)34(42(53)31-15-13-19-49-41(31)29(4)59-7)25-48(5,6)27-61-47(58)35-16-14-22-54(51-35)45(56)33(43(60-9-2)44-50-36(30)26-62-44)24-38(55)39-28(3)40(39)46(57)52-20-11-10-12-21-52/h13,15,17-19,23,26,28-29,33,35,39-40,43,51H,8-12,14,16,20-22,24-25,27H2,1-7H3/t28-,29+,33?,35+,39+,40-,43+/m1/s1. The lowest BCUT2D eigenvalue weighted by molar-refractivity contribution is -0.158. The van der Waals surface area contributed by atoms with E-state index in [0.717, 1.165) is 77.0 Å². The molecule has 0 radical (unpaired) electrons. The molecule has 2 saturated heterocycles. The molecule has 2 amide bonds. The molecule has 62 heavy (non-hydrogen) atoms. The molecule has 14 heteroatoms. The van der Waals surface area contributed by atoms with Gasteiger partial charge in [0.2, 0.25) is 11.8 Å². The Labute approximate surface area is 368 Å². The van der Waals surface area contributed by atoms with Crippen molar-refractivity contribution in [3.63, 3.8) is 0 Å². The highest BCUT2D eigenvalue weighted by Crippen LogP contribution is 2.50. The van der Waals surface area contributed by atoms with Crippen LogP contribution in [-0.4, -0.2) is 94.0 Å². The first-order valence-corrected chi connectivity index (χ1v) is 23.5. The van der Waals surface area contributed by atoms with Gasteiger partial charge in [0, 0.05) is 91.3 Å². The maximum absolute atomic E-state index is 14.9. The monoisotopic (exact) mass is 866 g/mol. The molecule has 3 fully saturated rings. The number of hydrogen-bond donors (Lipinski definition) is 1. The summed E-state index contributed by atoms with van der Waals surface area (Å²) in [5.41, 5.74) is 9.42. The van der Waals surface area contributed by atoms with Gasteiger partial charge in [-0.05, 0) is 95.0 Å². The molecule has 13 nitrogen and oxygen atoms in total. The van der Waals surface area contributed by atoms with Gasteiger partial charge in [-0.3, -0.25) is 29.2 Å². The summed E-state index contributed by atoms with van der Waals surface area (Å²) in [4.78, 5) is 68.7. The van der Waals surface area contributed by atoms with Crippen LogP contribution < -0.4 is 5.43 Å². The topological polar surface area (TPSA) is 145 Å². The van der Waals surface area contributed by atoms with Crippen LogP contribution in [0, 0.1) is 29.1 Å². The number of benzene rings is 1. The molecule has 1 unspecified atom stereocenters. The molecule has 6 bridgehead atoms. The largest absolute Gasteiger partial charge is 0.464 e. The number of aryl methyl sites for hydroxylation is 1. The highest BCUT2D eigenvalue weighted by molar-refractivity contribution is 7.10. The van der Waals surface area contributed by atoms with Crippen LogP contribution in [0.1, 0.15) is 109 Å². The highest BCUT2D eigenvalue weighted by Gasteiger charge is 2.57. The number of nitrogens with zero attached hydrogens (tertiary/aromatic N) is 5. The third kappa shape index (κ3) is 8.59. The van der Waals surface area contributed by atoms with E-state index in [1.165, 1.54) is 16.3 Å². The number of aromatic nitrogens is 3. The second-order valence-corrected chi connectivity index (χ2v) is 19.3. The zero-order chi connectivity index (χ0) is 43.9. The highest BCUT2D eigenvalue weighted by atomic mass is 32.1. The number of likely N-dealkylation sites (tertiary alicyclic amines) is 1. The summed E-state index contributed by atoms with van der Waals surface area (Å²) in [5.74, 6) is -2.71. The van der Waals surface area contributed by atoms with Crippen LogP contribution in [0.3, 0.4) is 0 Å². The lowest BCUT2D eigenvalue weighted by Crippen LogP contribution is -2.57. The van der Waals surface area contributed by atoms with Gasteiger partial charge < -0.3 is 23.7 Å². The van der Waals surface area contributed by atoms with Crippen LogP contribution in [0.2, 0.25) is 0 Å². The van der Waals surface area contributed by atoms with E-state index in [0.29, 0.717) is 37.4 Å². The van der Waals surface area contributed by atoms with Gasteiger partial charge in [-0.2, -0.15) is 0 Å². The van der Waals surface area contributed by atoms with Crippen molar-refractivity contribution in [3.8, 4) is 22.5 Å². The second kappa shape index (κ2) is 18.3. The first-order chi connectivity index (χ1) is 29.8. The summed E-state index contributed by atoms with van der Waals surface area (Å²) in [6, 6.07) is 9.73. The van der Waals surface area contributed by atoms with E-state index in [1.807, 2.05) is 37.1 Å². The molecular formula is C48H62N6O7S. The predicted molar refractivity (Wildman–Crippen MR) is 238 cm³/mol. The zero-order valence-electron chi connectivity index (χ0n) is 37.3. The number of carbonyl (C=O) groups excluding carboxylic acids is 4. The van der Waals surface area contributed by atoms with Crippen molar-refractivity contribution in [1.82, 2.24) is 29.9 Å². The third-order valence-electron chi connectivity index (χ3n) is 13.5. The third-order valence-corrected chi connectivity index (χ3v) is 14.4. The zero-order valence-corrected chi connectivity index (χ0v) is 38.1. The Morgan fingerprint density at radius 2 is 1.85 bits per heavy atom. The van der Waals surface area contributed by atoms with Crippen molar-refractivity contribution in [3.05, 3.63) is 58.2 Å². The predicted octanol–water partition coefficient (Wildman–Crippen LogP) is 7.72. The molecule has 3 aliphatic heterocycles. The van der Waals surface area contributed by atoms with E-state index in [9.17, 15) is 19.2 Å². The SMILES string of the molecule is CCO[C@@H]1c2nc(cs2)-c2ccc3c(c2)c(c(-c2cccnc2[C@H](C)OC)n3CC)CC(C)(C)COC(=O)[C@@H]2CCCN(N2)C(=O)C1CC(=O)[C@@H]1[C@@H](C)[C@H]1C(=O)N1CCCCC1. The number of rotatable bonds is 10. The Balaban J connectivity index is 1.22. The van der Waals surface area contributed by atoms with Gasteiger partial charge in [0.1, 0.15) is 22.9 Å². The summed E-state index contributed by atoms with van der Waals surface area (Å²) in [5, 5.41) is 5.14. The molecule has 7 atom stereocenters. The summed E-state index contributed by atoms with van der Waals surface area (Å²) >= 11 is 1.41. The summed E-state index contributed by atoms with van der Waals surface area (Å²) in [6.45, 7) is 15.2. The molecule has 1 aromatic carbocycles. The molecule has 6 heterocycles. The molecule has 3 aromatic heterocycles. The van der Waals surface area contributed by atoms with Gasteiger partial charge in [-0.1, -0.05) is 26.8 Å². The van der Waals surface area contributed by atoms with Crippen molar-refractivity contribution >= 4 is 45.8 Å². The number of ether oxygens (including phenoxy) is 3. The summed E-state index contributed by atoms with van der Waals surface area (Å²) < 4.78 is 20.7. The van der Waals surface area contributed by atoms with Crippen molar-refractivity contribution in [2.24, 2.45) is 29.1 Å². The number of methoxy groups -OCH3 is 1. The number of amides is 2. The van der Waals surface area contributed by atoms with E-state index in [1.54, 1.807) is 13.3 Å². The Hall–Kier alpha value is -4.50. The molecule has 4 aromatic rings. The Kier molecular flexibility index (Phi) is 13.0. The summed E-state index contributed by atoms with van der Waals surface area (Å²) in [6.07, 6.45) is 5.33. The normalized spacial score (nSPS) is 25.9. The van der Waals surface area contributed by atoms with Gasteiger partial charge >= 0.3 is 5.97 Å². The number of hydrazine groups is 1. The molecule has 0 spiro atoms. The molecule has 4 aliphatic rings. The van der Waals surface area contributed by atoms with Crippen LogP contribution in [-0.2, 0) is 46.4 Å². The second-order valence-electron chi connectivity index (χ2n) is 18.4. The van der Waals surface area contributed by atoms with Crippen molar-refractivity contribution in [1.29, 1.82) is 0 Å². The first kappa shape index (κ1) is 44.1. The lowest BCUT2D eigenvalue weighted by atomic mass is 9.84. The van der Waals surface area contributed by atoms with E-state index in [-0.39, 0.29) is 55.2 Å². The number of ketones is 1. The van der Waals surface area contributed by atoms with Gasteiger partial charge in [-0.15, -0.1) is 11.3 Å². The number of pyridine rings is 1. The average Bonchev–Trinajstić information content (AvgIpc) is 3.57. The number of esters is 1. The van der Waals surface area contributed by atoms with Crippen molar-refractivity contribution in [2.75, 3.05) is 40.0 Å². The Bertz CT molecular complexity index is 2310. The number of cyclic esters (lactones) is 1. The van der Waals surface area contributed by atoms with E-state index in [4.69, 9.17) is 24.2 Å². The number of carbonyl (C=O) groups is 4. The molecular weight excluding hydrogens is 805 g/mol. The van der Waals surface area contributed by atoms with Gasteiger partial charge in [0.15, 0.2) is 0 Å². The maximum atomic E-state index is 14.9. The maximum Gasteiger partial charge on any atom is 0.324 e. The number of fused-ring (bicyclic) bond motifs is 6. The van der Waals surface area contributed by atoms with Crippen molar-refractivity contribution < 1.29 is 33.4 Å².